The maximum atomic E-state index is 11.6. The molecule has 18 heavy (non-hydrogen) atoms. The molecule has 1 amide bonds. The van der Waals surface area contributed by atoms with Gasteiger partial charge in [-0.15, -0.1) is 0 Å². The number of carbonyl (C=O) groups is 2. The number of esters is 1. The standard InChI is InChI=1S/C14H25NO3/c1-2-3-11-18-14(17)10-9-13(16)15-12-7-5-4-6-8-12/h12H,2-11H2,1H3,(H,15,16). The first-order valence-corrected chi connectivity index (χ1v) is 7.17. The van der Waals surface area contributed by atoms with Crippen LogP contribution < -0.4 is 5.32 Å². The van der Waals surface area contributed by atoms with Crippen LogP contribution >= 0.6 is 0 Å². The van der Waals surface area contributed by atoms with Crippen molar-refractivity contribution < 1.29 is 14.3 Å². The van der Waals surface area contributed by atoms with Crippen LogP contribution in [0.25, 0.3) is 0 Å². The van der Waals surface area contributed by atoms with Gasteiger partial charge in [-0.2, -0.15) is 0 Å². The van der Waals surface area contributed by atoms with Crippen molar-refractivity contribution in [2.24, 2.45) is 0 Å². The van der Waals surface area contributed by atoms with Crippen molar-refractivity contribution in [2.45, 2.75) is 70.8 Å². The lowest BCUT2D eigenvalue weighted by atomic mass is 9.95. The second-order valence-corrected chi connectivity index (χ2v) is 4.98. The number of hydrogen-bond donors (Lipinski definition) is 1. The van der Waals surface area contributed by atoms with Crippen LogP contribution in [-0.4, -0.2) is 24.5 Å². The molecule has 0 radical (unpaired) electrons. The predicted molar refractivity (Wildman–Crippen MR) is 70.1 cm³/mol. The monoisotopic (exact) mass is 255 g/mol. The number of nitrogens with one attached hydrogen (secondary N) is 1. The molecule has 0 spiro atoms. The van der Waals surface area contributed by atoms with E-state index in [1.54, 1.807) is 0 Å². The van der Waals surface area contributed by atoms with Crippen molar-refractivity contribution in [1.82, 2.24) is 5.32 Å². The zero-order chi connectivity index (χ0) is 13.2. The number of amides is 1. The average Bonchev–Trinajstić information content (AvgIpc) is 2.38. The van der Waals surface area contributed by atoms with E-state index in [1.165, 1.54) is 19.3 Å². The van der Waals surface area contributed by atoms with Crippen LogP contribution in [0, 0.1) is 0 Å². The Morgan fingerprint density at radius 1 is 1.17 bits per heavy atom. The van der Waals surface area contributed by atoms with E-state index in [0.29, 0.717) is 12.6 Å². The highest BCUT2D eigenvalue weighted by Crippen LogP contribution is 2.17. The lowest BCUT2D eigenvalue weighted by Crippen LogP contribution is -2.36. The predicted octanol–water partition coefficient (Wildman–Crippen LogP) is 2.56. The lowest BCUT2D eigenvalue weighted by molar-refractivity contribution is -0.145. The number of hydrogen-bond acceptors (Lipinski definition) is 3. The minimum absolute atomic E-state index is 0.0191. The van der Waals surface area contributed by atoms with Gasteiger partial charge in [-0.05, 0) is 19.3 Å². The summed E-state index contributed by atoms with van der Waals surface area (Å²) in [5, 5.41) is 2.99. The van der Waals surface area contributed by atoms with Crippen molar-refractivity contribution in [2.75, 3.05) is 6.61 Å². The zero-order valence-electron chi connectivity index (χ0n) is 11.4. The van der Waals surface area contributed by atoms with Crippen molar-refractivity contribution >= 4 is 11.9 Å². The minimum Gasteiger partial charge on any atom is -0.466 e. The molecular formula is C14H25NO3. The van der Waals surface area contributed by atoms with Gasteiger partial charge in [-0.25, -0.2) is 0 Å². The Labute approximate surface area is 109 Å². The molecule has 4 nitrogen and oxygen atoms in total. The summed E-state index contributed by atoms with van der Waals surface area (Å²) in [6.07, 6.45) is 8.17. The van der Waals surface area contributed by atoms with Crippen LogP contribution in [0.2, 0.25) is 0 Å². The molecule has 0 atom stereocenters. The number of ether oxygens (including phenoxy) is 1. The fourth-order valence-electron chi connectivity index (χ4n) is 2.16. The van der Waals surface area contributed by atoms with Gasteiger partial charge in [0, 0.05) is 12.5 Å². The minimum atomic E-state index is -0.262. The van der Waals surface area contributed by atoms with Gasteiger partial charge in [-0.1, -0.05) is 32.6 Å². The van der Waals surface area contributed by atoms with E-state index in [-0.39, 0.29) is 24.7 Å². The van der Waals surface area contributed by atoms with Gasteiger partial charge < -0.3 is 10.1 Å². The largest absolute Gasteiger partial charge is 0.466 e. The Hall–Kier alpha value is -1.06. The summed E-state index contributed by atoms with van der Waals surface area (Å²) in [4.78, 5) is 22.9. The Balaban J connectivity index is 2.06. The van der Waals surface area contributed by atoms with E-state index in [0.717, 1.165) is 25.7 Å². The fourth-order valence-corrected chi connectivity index (χ4v) is 2.16. The fraction of sp³-hybridized carbons (Fsp3) is 0.857. The van der Waals surface area contributed by atoms with Gasteiger partial charge in [-0.3, -0.25) is 9.59 Å². The Morgan fingerprint density at radius 3 is 2.56 bits per heavy atom. The van der Waals surface area contributed by atoms with Crippen molar-refractivity contribution in [3.05, 3.63) is 0 Å². The molecule has 0 aliphatic heterocycles. The molecule has 1 aliphatic rings. The smallest absolute Gasteiger partial charge is 0.306 e. The zero-order valence-corrected chi connectivity index (χ0v) is 11.4. The van der Waals surface area contributed by atoms with Gasteiger partial charge in [0.2, 0.25) is 5.91 Å². The van der Waals surface area contributed by atoms with Gasteiger partial charge in [0.1, 0.15) is 0 Å². The third-order valence-electron chi connectivity index (χ3n) is 3.29. The van der Waals surface area contributed by atoms with E-state index in [1.807, 2.05) is 6.92 Å². The molecule has 104 valence electrons. The van der Waals surface area contributed by atoms with E-state index in [4.69, 9.17) is 4.74 Å². The second kappa shape index (κ2) is 8.95. The van der Waals surface area contributed by atoms with Crippen LogP contribution in [0.4, 0.5) is 0 Å². The van der Waals surface area contributed by atoms with Gasteiger partial charge >= 0.3 is 5.97 Å². The highest BCUT2D eigenvalue weighted by Gasteiger charge is 2.16. The van der Waals surface area contributed by atoms with Crippen LogP contribution in [-0.2, 0) is 14.3 Å². The molecule has 1 saturated carbocycles. The van der Waals surface area contributed by atoms with Crippen molar-refractivity contribution in [1.29, 1.82) is 0 Å². The van der Waals surface area contributed by atoms with Crippen LogP contribution in [0.3, 0.4) is 0 Å². The average molecular weight is 255 g/mol. The molecular weight excluding hydrogens is 230 g/mol. The van der Waals surface area contributed by atoms with E-state index < -0.39 is 0 Å². The number of rotatable bonds is 7. The van der Waals surface area contributed by atoms with E-state index in [9.17, 15) is 9.59 Å². The van der Waals surface area contributed by atoms with E-state index >= 15 is 0 Å². The van der Waals surface area contributed by atoms with Gasteiger partial charge in [0.05, 0.1) is 13.0 Å². The lowest BCUT2D eigenvalue weighted by Gasteiger charge is -2.22. The third kappa shape index (κ3) is 6.62. The molecule has 0 bridgehead atoms. The maximum absolute atomic E-state index is 11.6. The first-order chi connectivity index (χ1) is 8.72. The summed E-state index contributed by atoms with van der Waals surface area (Å²) < 4.78 is 5.00. The molecule has 0 aromatic rings. The SMILES string of the molecule is CCCCOC(=O)CCC(=O)NC1CCCCC1. The molecule has 0 unspecified atom stereocenters. The van der Waals surface area contributed by atoms with Crippen LogP contribution in [0.5, 0.6) is 0 Å². The maximum Gasteiger partial charge on any atom is 0.306 e. The summed E-state index contributed by atoms with van der Waals surface area (Å²) in [6, 6.07) is 0.322. The Kier molecular flexibility index (Phi) is 7.46. The number of carbonyl (C=O) groups excluding carboxylic acids is 2. The van der Waals surface area contributed by atoms with Crippen LogP contribution in [0.1, 0.15) is 64.7 Å². The number of unbranched alkanes of at least 4 members (excludes halogenated alkanes) is 1. The molecule has 1 rings (SSSR count). The van der Waals surface area contributed by atoms with Gasteiger partial charge in [0.15, 0.2) is 0 Å². The highest BCUT2D eigenvalue weighted by atomic mass is 16.5. The quantitative estimate of drug-likeness (QED) is 0.562. The summed E-state index contributed by atoms with van der Waals surface area (Å²) in [7, 11) is 0. The van der Waals surface area contributed by atoms with Crippen molar-refractivity contribution in [3.8, 4) is 0 Å². The van der Waals surface area contributed by atoms with Crippen LogP contribution in [0.15, 0.2) is 0 Å². The van der Waals surface area contributed by atoms with Gasteiger partial charge in [0.25, 0.3) is 0 Å². The normalized spacial score (nSPS) is 16.3. The summed E-state index contributed by atoms with van der Waals surface area (Å²) in [6.45, 7) is 2.52. The molecule has 1 N–H and O–H groups in total. The Morgan fingerprint density at radius 2 is 1.89 bits per heavy atom. The molecule has 0 aromatic heterocycles. The molecule has 0 saturated heterocycles. The van der Waals surface area contributed by atoms with E-state index in [2.05, 4.69) is 5.32 Å². The Bertz CT molecular complexity index is 260. The molecule has 0 heterocycles. The molecule has 0 aromatic carbocycles. The molecule has 1 aliphatic carbocycles. The third-order valence-corrected chi connectivity index (χ3v) is 3.29. The molecule has 4 heteroatoms. The van der Waals surface area contributed by atoms with Crippen molar-refractivity contribution in [3.63, 3.8) is 0 Å². The first kappa shape index (κ1) is 15.0. The summed E-state index contributed by atoms with van der Waals surface area (Å²) in [5.41, 5.74) is 0. The topological polar surface area (TPSA) is 55.4 Å². The second-order valence-electron chi connectivity index (χ2n) is 4.98. The summed E-state index contributed by atoms with van der Waals surface area (Å²) in [5.74, 6) is -0.281. The highest BCUT2D eigenvalue weighted by molar-refractivity contribution is 5.81. The molecule has 1 fully saturated rings. The summed E-state index contributed by atoms with van der Waals surface area (Å²) >= 11 is 0. The first-order valence-electron chi connectivity index (χ1n) is 7.17.